The van der Waals surface area contributed by atoms with Crippen LogP contribution in [-0.4, -0.2) is 64.8 Å². The zero-order valence-corrected chi connectivity index (χ0v) is 23.7. The van der Waals surface area contributed by atoms with Gasteiger partial charge in [0.15, 0.2) is 0 Å². The molecule has 0 aliphatic heterocycles. The number of halogens is 1. The molecular weight excluding hydrogens is 520 g/mol. The molecule has 0 unspecified atom stereocenters. The van der Waals surface area contributed by atoms with E-state index in [9.17, 15) is 9.59 Å². The third-order valence-electron chi connectivity index (χ3n) is 5.39. The fourth-order valence-corrected chi connectivity index (χ4v) is 3.86. The highest BCUT2D eigenvalue weighted by molar-refractivity contribution is 6.31. The van der Waals surface area contributed by atoms with Crippen LogP contribution in [0.25, 0.3) is 0 Å². The number of pyridine rings is 2. The van der Waals surface area contributed by atoms with E-state index < -0.39 is 11.7 Å². The first-order valence-corrected chi connectivity index (χ1v) is 13.1. The second-order valence-electron chi connectivity index (χ2n) is 9.97. The van der Waals surface area contributed by atoms with E-state index in [1.807, 2.05) is 46.8 Å². The highest BCUT2D eigenvalue weighted by atomic mass is 35.5. The van der Waals surface area contributed by atoms with E-state index in [1.54, 1.807) is 59.9 Å². The number of hydrogen-bond donors (Lipinski definition) is 0. The molecule has 0 atom stereocenters. The molecule has 3 aromatic rings. The third-order valence-corrected chi connectivity index (χ3v) is 5.61. The number of hydrogen-bond acceptors (Lipinski definition) is 7. The van der Waals surface area contributed by atoms with E-state index in [4.69, 9.17) is 25.8 Å². The van der Waals surface area contributed by atoms with Crippen molar-refractivity contribution < 1.29 is 23.8 Å². The molecule has 39 heavy (non-hydrogen) atoms. The van der Waals surface area contributed by atoms with E-state index in [1.165, 1.54) is 4.90 Å². The molecule has 0 N–H and O–H groups in total. The van der Waals surface area contributed by atoms with Crippen molar-refractivity contribution in [2.45, 2.75) is 46.3 Å². The van der Waals surface area contributed by atoms with Gasteiger partial charge in [-0.1, -0.05) is 17.7 Å². The molecule has 0 radical (unpaired) electrons. The average Bonchev–Trinajstić information content (AvgIpc) is 2.88. The minimum atomic E-state index is -0.656. The smallest absolute Gasteiger partial charge is 0.414 e. The number of benzene rings is 1. The van der Waals surface area contributed by atoms with Crippen LogP contribution >= 0.6 is 11.6 Å². The van der Waals surface area contributed by atoms with E-state index in [-0.39, 0.29) is 25.1 Å². The van der Waals surface area contributed by atoms with Gasteiger partial charge in [-0.15, -0.1) is 0 Å². The van der Waals surface area contributed by atoms with Crippen LogP contribution in [0.1, 0.15) is 45.0 Å². The summed E-state index contributed by atoms with van der Waals surface area (Å²) < 4.78 is 17.2. The molecule has 0 spiro atoms. The fourth-order valence-electron chi connectivity index (χ4n) is 3.63. The number of ether oxygens (including phenoxy) is 3. The Morgan fingerprint density at radius 2 is 1.67 bits per heavy atom. The van der Waals surface area contributed by atoms with Crippen molar-refractivity contribution >= 4 is 29.3 Å². The SMILES string of the molecule is CC(C)N(CCOc1ccccn1)C(=O)c1cc(Cl)cc(OCCN(C(=O)OC(C)(C)C)c2ccncc2)c1. The molecule has 3 rings (SSSR count). The molecule has 208 valence electrons. The van der Waals surface area contributed by atoms with Crippen molar-refractivity contribution in [2.24, 2.45) is 0 Å². The van der Waals surface area contributed by atoms with Crippen LogP contribution in [0.4, 0.5) is 10.5 Å². The van der Waals surface area contributed by atoms with Gasteiger partial charge in [0, 0.05) is 41.3 Å². The summed E-state index contributed by atoms with van der Waals surface area (Å²) in [6, 6.07) is 13.7. The normalized spacial score (nSPS) is 11.2. The summed E-state index contributed by atoms with van der Waals surface area (Å²) in [6.07, 6.45) is 4.35. The van der Waals surface area contributed by atoms with Gasteiger partial charge in [-0.25, -0.2) is 9.78 Å². The lowest BCUT2D eigenvalue weighted by Gasteiger charge is -2.28. The molecule has 0 aliphatic carbocycles. The number of aromatic nitrogens is 2. The zero-order chi connectivity index (χ0) is 28.4. The van der Waals surface area contributed by atoms with Crippen LogP contribution in [0.3, 0.4) is 0 Å². The van der Waals surface area contributed by atoms with Gasteiger partial charge in [0.2, 0.25) is 5.88 Å². The molecule has 0 aliphatic rings. The predicted octanol–water partition coefficient (Wildman–Crippen LogP) is 5.88. The summed E-state index contributed by atoms with van der Waals surface area (Å²) in [4.78, 5) is 37.6. The second-order valence-corrected chi connectivity index (χ2v) is 10.4. The van der Waals surface area contributed by atoms with Crippen LogP contribution in [0.2, 0.25) is 5.02 Å². The quantitative estimate of drug-likeness (QED) is 0.292. The Hall–Kier alpha value is -3.85. The fraction of sp³-hybridized carbons (Fsp3) is 0.379. The summed E-state index contributed by atoms with van der Waals surface area (Å²) in [5, 5.41) is 0.363. The van der Waals surface area contributed by atoms with Crippen LogP contribution < -0.4 is 14.4 Å². The Morgan fingerprint density at radius 1 is 0.949 bits per heavy atom. The minimum Gasteiger partial charge on any atom is -0.492 e. The van der Waals surface area contributed by atoms with E-state index in [0.29, 0.717) is 41.1 Å². The van der Waals surface area contributed by atoms with Gasteiger partial charge in [0.25, 0.3) is 5.91 Å². The summed E-state index contributed by atoms with van der Waals surface area (Å²) in [6.45, 7) is 10.3. The molecule has 0 bridgehead atoms. The maximum atomic E-state index is 13.4. The predicted molar refractivity (Wildman–Crippen MR) is 151 cm³/mol. The molecule has 9 nitrogen and oxygen atoms in total. The minimum absolute atomic E-state index is 0.0732. The van der Waals surface area contributed by atoms with Gasteiger partial charge in [0.1, 0.15) is 24.6 Å². The van der Waals surface area contributed by atoms with Gasteiger partial charge >= 0.3 is 6.09 Å². The number of rotatable bonds is 11. The maximum Gasteiger partial charge on any atom is 0.414 e. The number of carbonyl (C=O) groups excluding carboxylic acids is 2. The highest BCUT2D eigenvalue weighted by Crippen LogP contribution is 2.24. The first kappa shape index (κ1) is 29.7. The second kappa shape index (κ2) is 13.8. The van der Waals surface area contributed by atoms with Crippen molar-refractivity contribution in [2.75, 3.05) is 31.2 Å². The Bertz CT molecular complexity index is 1220. The Balaban J connectivity index is 1.67. The lowest BCUT2D eigenvalue weighted by molar-refractivity contribution is 0.0574. The summed E-state index contributed by atoms with van der Waals surface area (Å²) in [5.41, 5.74) is 0.364. The van der Waals surface area contributed by atoms with Gasteiger partial charge in [-0.3, -0.25) is 14.7 Å². The molecule has 2 amide bonds. The molecule has 1 aromatic carbocycles. The molecule has 2 heterocycles. The first-order valence-electron chi connectivity index (χ1n) is 12.7. The Labute approximate surface area is 234 Å². The van der Waals surface area contributed by atoms with Gasteiger partial charge in [-0.2, -0.15) is 0 Å². The van der Waals surface area contributed by atoms with Crippen molar-refractivity contribution in [3.63, 3.8) is 0 Å². The molecule has 2 aromatic heterocycles. The molecule has 0 fully saturated rings. The molecule has 10 heteroatoms. The number of carbonyl (C=O) groups is 2. The first-order chi connectivity index (χ1) is 18.5. The van der Waals surface area contributed by atoms with E-state index in [2.05, 4.69) is 9.97 Å². The van der Waals surface area contributed by atoms with Crippen LogP contribution in [-0.2, 0) is 4.74 Å². The third kappa shape index (κ3) is 9.44. The average molecular weight is 555 g/mol. The van der Waals surface area contributed by atoms with Crippen molar-refractivity contribution in [3.8, 4) is 11.6 Å². The summed E-state index contributed by atoms with van der Waals surface area (Å²) in [5.74, 6) is 0.714. The maximum absolute atomic E-state index is 13.4. The monoisotopic (exact) mass is 554 g/mol. The standard InChI is InChI=1S/C29H35ClN4O5/c1-21(2)33(14-17-38-26-8-6-7-11-32-26)27(35)22-18-23(30)20-25(19-22)37-16-15-34(24-9-12-31-13-10-24)28(36)39-29(3,4)5/h6-13,18-21H,14-17H2,1-5H3. The van der Waals surface area contributed by atoms with Gasteiger partial charge in [-0.05, 0) is 71.0 Å². The molecular formula is C29H35ClN4O5. The summed E-state index contributed by atoms with van der Waals surface area (Å²) in [7, 11) is 0. The van der Waals surface area contributed by atoms with Crippen LogP contribution in [0.15, 0.2) is 67.1 Å². The van der Waals surface area contributed by atoms with E-state index in [0.717, 1.165) is 0 Å². The highest BCUT2D eigenvalue weighted by Gasteiger charge is 2.24. The Kier molecular flexibility index (Phi) is 10.5. The van der Waals surface area contributed by atoms with Crippen molar-refractivity contribution in [1.29, 1.82) is 0 Å². The zero-order valence-electron chi connectivity index (χ0n) is 23.0. The Morgan fingerprint density at radius 3 is 2.31 bits per heavy atom. The number of anilines is 1. The molecule has 0 saturated heterocycles. The van der Waals surface area contributed by atoms with Gasteiger partial charge in [0.05, 0.1) is 18.8 Å². The lowest BCUT2D eigenvalue weighted by Crippen LogP contribution is -2.40. The topological polar surface area (TPSA) is 94.1 Å². The molecule has 0 saturated carbocycles. The van der Waals surface area contributed by atoms with Crippen molar-refractivity contribution in [3.05, 3.63) is 77.7 Å². The number of amides is 2. The number of nitrogens with zero attached hydrogens (tertiary/aromatic N) is 4. The largest absolute Gasteiger partial charge is 0.492 e. The van der Waals surface area contributed by atoms with Crippen LogP contribution in [0, 0.1) is 0 Å². The van der Waals surface area contributed by atoms with Gasteiger partial charge < -0.3 is 19.1 Å². The summed E-state index contributed by atoms with van der Waals surface area (Å²) >= 11 is 6.35. The van der Waals surface area contributed by atoms with Crippen molar-refractivity contribution in [1.82, 2.24) is 14.9 Å². The van der Waals surface area contributed by atoms with E-state index >= 15 is 0 Å². The van der Waals surface area contributed by atoms with Crippen LogP contribution in [0.5, 0.6) is 11.6 Å². The lowest BCUT2D eigenvalue weighted by atomic mass is 10.1.